The lowest BCUT2D eigenvalue weighted by Gasteiger charge is -2.15. The molecule has 2 aromatic rings. The first-order chi connectivity index (χ1) is 11.3. The first kappa shape index (κ1) is 18.2. The molecule has 0 aliphatic rings. The maximum atomic E-state index is 12.2. The third-order valence-electron chi connectivity index (χ3n) is 3.97. The van der Waals surface area contributed by atoms with Crippen molar-refractivity contribution >= 4 is 22.5 Å². The quantitative estimate of drug-likeness (QED) is 0.872. The van der Waals surface area contributed by atoms with Gasteiger partial charge in [0.25, 0.3) is 0 Å². The van der Waals surface area contributed by atoms with Gasteiger partial charge in [0.1, 0.15) is 0 Å². The van der Waals surface area contributed by atoms with Crippen molar-refractivity contribution in [1.82, 2.24) is 15.1 Å². The molecule has 24 heavy (non-hydrogen) atoms. The number of hydrogen-bond donors (Lipinski definition) is 2. The predicted octanol–water partition coefficient (Wildman–Crippen LogP) is 2.53. The maximum absolute atomic E-state index is 12.2. The first-order valence-electron chi connectivity index (χ1n) is 7.78. The Kier molecular flexibility index (Phi) is 5.77. The lowest BCUT2D eigenvalue weighted by atomic mass is 10.1. The molecule has 2 atom stereocenters. The molecule has 0 spiro atoms. The van der Waals surface area contributed by atoms with E-state index in [4.69, 9.17) is 0 Å². The Balaban J connectivity index is 1.97. The lowest BCUT2D eigenvalue weighted by molar-refractivity contribution is 0.249. The molecular formula is C17H24N4O2S. The zero-order chi connectivity index (χ0) is 17.9. The number of amides is 2. The predicted molar refractivity (Wildman–Crippen MR) is 96.8 cm³/mol. The molecule has 0 fully saturated rings. The summed E-state index contributed by atoms with van der Waals surface area (Å²) in [4.78, 5) is 12.8. The second kappa shape index (κ2) is 7.61. The Bertz CT molecular complexity index is 770. The van der Waals surface area contributed by atoms with Crippen LogP contribution in [0.15, 0.2) is 29.2 Å². The van der Waals surface area contributed by atoms with Crippen molar-refractivity contribution < 1.29 is 9.00 Å². The standard InChI is InChI=1S/C17H24N4O2S/c1-11(9-16-12(2)20-21(4)13(16)3)18-17(22)19-14-7-6-8-15(10-14)24(5)23/h6-8,10-11H,9H2,1-5H3,(H2,18,19,22)/t11-,24+/m0/s1. The Morgan fingerprint density at radius 3 is 2.67 bits per heavy atom. The van der Waals surface area contributed by atoms with Gasteiger partial charge in [0.2, 0.25) is 0 Å². The van der Waals surface area contributed by atoms with E-state index >= 15 is 0 Å². The fraction of sp³-hybridized carbons (Fsp3) is 0.412. The molecular weight excluding hydrogens is 324 g/mol. The number of carbonyl (C=O) groups is 1. The molecule has 0 unspecified atom stereocenters. The largest absolute Gasteiger partial charge is 0.335 e. The SMILES string of the molecule is Cc1nn(C)c(C)c1C[C@H](C)NC(=O)Nc1cccc([S@@](C)=O)c1. The second-order valence-electron chi connectivity index (χ2n) is 5.96. The van der Waals surface area contributed by atoms with Gasteiger partial charge in [-0.15, -0.1) is 0 Å². The van der Waals surface area contributed by atoms with Gasteiger partial charge in [-0.25, -0.2) is 4.79 Å². The number of urea groups is 1. The van der Waals surface area contributed by atoms with Gasteiger partial charge in [-0.2, -0.15) is 5.10 Å². The number of nitrogens with zero attached hydrogens (tertiary/aromatic N) is 2. The van der Waals surface area contributed by atoms with Crippen molar-refractivity contribution in [3.63, 3.8) is 0 Å². The summed E-state index contributed by atoms with van der Waals surface area (Å²) < 4.78 is 13.4. The molecule has 0 aliphatic carbocycles. The van der Waals surface area contributed by atoms with Crippen LogP contribution >= 0.6 is 0 Å². The van der Waals surface area contributed by atoms with Gasteiger partial charge >= 0.3 is 6.03 Å². The number of benzene rings is 1. The van der Waals surface area contributed by atoms with E-state index in [1.165, 1.54) is 0 Å². The summed E-state index contributed by atoms with van der Waals surface area (Å²) in [5.41, 5.74) is 3.89. The van der Waals surface area contributed by atoms with Gasteiger partial charge < -0.3 is 10.6 Å². The Labute approximate surface area is 145 Å². The molecule has 1 aromatic heterocycles. The number of aryl methyl sites for hydroxylation is 2. The van der Waals surface area contributed by atoms with Crippen LogP contribution in [0.5, 0.6) is 0 Å². The van der Waals surface area contributed by atoms with Gasteiger partial charge in [-0.1, -0.05) is 6.07 Å². The number of carbonyl (C=O) groups excluding carboxylic acids is 1. The van der Waals surface area contributed by atoms with Gasteiger partial charge in [0, 0.05) is 46.4 Å². The van der Waals surface area contributed by atoms with Crippen molar-refractivity contribution in [2.45, 2.75) is 38.1 Å². The summed E-state index contributed by atoms with van der Waals surface area (Å²) in [6.45, 7) is 5.97. The second-order valence-corrected chi connectivity index (χ2v) is 7.34. The van der Waals surface area contributed by atoms with Crippen LogP contribution in [0.4, 0.5) is 10.5 Å². The number of rotatable bonds is 5. The van der Waals surface area contributed by atoms with Crippen LogP contribution in [-0.2, 0) is 24.3 Å². The minimum absolute atomic E-state index is 0.0323. The van der Waals surface area contributed by atoms with Gasteiger partial charge in [0.05, 0.1) is 5.69 Å². The maximum Gasteiger partial charge on any atom is 0.319 e. The van der Waals surface area contributed by atoms with Crippen molar-refractivity contribution in [3.8, 4) is 0 Å². The average Bonchev–Trinajstić information content (AvgIpc) is 2.73. The van der Waals surface area contributed by atoms with Gasteiger partial charge in [-0.3, -0.25) is 8.89 Å². The number of aromatic nitrogens is 2. The molecule has 7 heteroatoms. The Hall–Kier alpha value is -2.15. The molecule has 0 saturated carbocycles. The number of nitrogens with one attached hydrogen (secondary N) is 2. The topological polar surface area (TPSA) is 76.0 Å². The fourth-order valence-electron chi connectivity index (χ4n) is 2.61. The number of anilines is 1. The molecule has 2 rings (SSSR count). The van der Waals surface area contributed by atoms with E-state index in [2.05, 4.69) is 15.7 Å². The molecule has 0 bridgehead atoms. The molecule has 0 saturated heterocycles. The molecule has 1 aromatic carbocycles. The van der Waals surface area contributed by atoms with Crippen LogP contribution in [0.3, 0.4) is 0 Å². The highest BCUT2D eigenvalue weighted by Crippen LogP contribution is 2.15. The Morgan fingerprint density at radius 2 is 2.08 bits per heavy atom. The Morgan fingerprint density at radius 1 is 1.38 bits per heavy atom. The van der Waals surface area contributed by atoms with Crippen molar-refractivity contribution in [2.75, 3.05) is 11.6 Å². The summed E-state index contributed by atoms with van der Waals surface area (Å²) in [6, 6.07) is 6.73. The van der Waals surface area contributed by atoms with E-state index < -0.39 is 10.8 Å². The number of hydrogen-bond acceptors (Lipinski definition) is 3. The van der Waals surface area contributed by atoms with Crippen LogP contribution in [0.2, 0.25) is 0 Å². The van der Waals surface area contributed by atoms with E-state index in [0.717, 1.165) is 23.4 Å². The van der Waals surface area contributed by atoms with E-state index in [9.17, 15) is 9.00 Å². The normalized spacial score (nSPS) is 13.4. The zero-order valence-corrected chi connectivity index (χ0v) is 15.5. The molecule has 2 N–H and O–H groups in total. The van der Waals surface area contributed by atoms with Crippen LogP contribution in [-0.4, -0.2) is 32.3 Å². The molecule has 0 aliphatic heterocycles. The first-order valence-corrected chi connectivity index (χ1v) is 9.33. The minimum atomic E-state index is -1.08. The van der Waals surface area contributed by atoms with Crippen LogP contribution < -0.4 is 10.6 Å². The fourth-order valence-corrected chi connectivity index (χ4v) is 3.18. The summed E-state index contributed by atoms with van der Waals surface area (Å²) in [6.07, 6.45) is 2.33. The van der Waals surface area contributed by atoms with E-state index in [0.29, 0.717) is 10.6 Å². The van der Waals surface area contributed by atoms with Crippen LogP contribution in [0.1, 0.15) is 23.9 Å². The average molecular weight is 348 g/mol. The molecule has 6 nitrogen and oxygen atoms in total. The third-order valence-corrected chi connectivity index (χ3v) is 4.89. The summed E-state index contributed by atoms with van der Waals surface area (Å²) in [5, 5.41) is 10.1. The van der Waals surface area contributed by atoms with E-state index in [1.807, 2.05) is 32.5 Å². The summed E-state index contributed by atoms with van der Waals surface area (Å²) in [5.74, 6) is 0. The highest BCUT2D eigenvalue weighted by atomic mass is 32.2. The minimum Gasteiger partial charge on any atom is -0.335 e. The van der Waals surface area contributed by atoms with Crippen molar-refractivity contribution in [3.05, 3.63) is 41.2 Å². The van der Waals surface area contributed by atoms with Gasteiger partial charge in [0.15, 0.2) is 0 Å². The lowest BCUT2D eigenvalue weighted by Crippen LogP contribution is -2.37. The van der Waals surface area contributed by atoms with E-state index in [-0.39, 0.29) is 12.1 Å². The zero-order valence-electron chi connectivity index (χ0n) is 14.7. The summed E-state index contributed by atoms with van der Waals surface area (Å²) in [7, 11) is 0.843. The molecule has 0 radical (unpaired) electrons. The van der Waals surface area contributed by atoms with Gasteiger partial charge in [-0.05, 0) is 51.0 Å². The third kappa shape index (κ3) is 4.44. The van der Waals surface area contributed by atoms with Crippen molar-refractivity contribution in [1.29, 1.82) is 0 Å². The van der Waals surface area contributed by atoms with Crippen LogP contribution in [0, 0.1) is 13.8 Å². The van der Waals surface area contributed by atoms with Crippen molar-refractivity contribution in [2.24, 2.45) is 7.05 Å². The highest BCUT2D eigenvalue weighted by molar-refractivity contribution is 7.84. The molecule has 130 valence electrons. The van der Waals surface area contributed by atoms with Crippen LogP contribution in [0.25, 0.3) is 0 Å². The highest BCUT2D eigenvalue weighted by Gasteiger charge is 2.15. The molecule has 2 amide bonds. The van der Waals surface area contributed by atoms with E-state index in [1.54, 1.807) is 30.5 Å². The monoisotopic (exact) mass is 348 g/mol. The smallest absolute Gasteiger partial charge is 0.319 e. The summed E-state index contributed by atoms with van der Waals surface area (Å²) >= 11 is 0. The molecule has 1 heterocycles.